The number of esters is 2. The number of phenols is 2. The number of aromatic hydroxyl groups is 2. The molecule has 218 valence electrons. The molecule has 1 aliphatic rings. The molecule has 2 aromatic carbocycles. The van der Waals surface area contributed by atoms with Gasteiger partial charge in [0.05, 0.1) is 25.0 Å². The average molecular weight is 565 g/mol. The fourth-order valence-corrected chi connectivity index (χ4v) is 3.99. The summed E-state index contributed by atoms with van der Waals surface area (Å²) in [5, 5.41) is 60.8. The topological polar surface area (TPSA) is 210 Å². The summed E-state index contributed by atoms with van der Waals surface area (Å²) in [5.74, 6) is -3.60. The standard InChI is InChI=1S/C27H32O13/c1-13(29)22-17(31)9-16(10-18(22)38-21(33)11-27(2,3)36)37-26-24(35)23(34)25(19(12-28)39-26)40-20(32)8-14-4-6-15(30)7-5-14/h4-7,9-10,19,23-26,28,30-31,34-36H,8,11-12H2,1-3H3/t19-,23-,24-,25-,26-/m1/s1. The molecule has 13 nitrogen and oxygen atoms in total. The Morgan fingerprint density at radius 1 is 1.00 bits per heavy atom. The first-order chi connectivity index (χ1) is 18.7. The van der Waals surface area contributed by atoms with Crippen molar-refractivity contribution >= 4 is 17.7 Å². The second-order valence-electron chi connectivity index (χ2n) is 9.96. The van der Waals surface area contributed by atoms with Crippen molar-refractivity contribution in [3.8, 4) is 23.0 Å². The predicted molar refractivity (Wildman–Crippen MR) is 135 cm³/mol. The highest BCUT2D eigenvalue weighted by Crippen LogP contribution is 2.36. The van der Waals surface area contributed by atoms with Crippen LogP contribution in [0.5, 0.6) is 23.0 Å². The second-order valence-corrected chi connectivity index (χ2v) is 9.96. The minimum absolute atomic E-state index is 0.00590. The maximum absolute atomic E-state index is 12.4. The van der Waals surface area contributed by atoms with Crippen molar-refractivity contribution < 1.29 is 64.0 Å². The highest BCUT2D eigenvalue weighted by molar-refractivity contribution is 6.00. The van der Waals surface area contributed by atoms with E-state index in [4.69, 9.17) is 18.9 Å². The van der Waals surface area contributed by atoms with Gasteiger partial charge in [-0.25, -0.2) is 0 Å². The number of Topliss-reactive ketones (excluding diaryl/α,β-unsaturated/α-hetero) is 1. The Bertz CT molecular complexity index is 1220. The number of aliphatic hydroxyl groups excluding tert-OH is 3. The van der Waals surface area contributed by atoms with Gasteiger partial charge < -0.3 is 49.6 Å². The SMILES string of the molecule is CC(=O)c1c(O)cc(O[C@@H]2O[C@H](CO)[C@@H](OC(=O)Cc3ccc(O)cc3)[C@H](O)[C@H]2O)cc1OC(=O)CC(C)(C)O. The lowest BCUT2D eigenvalue weighted by Gasteiger charge is -2.41. The molecule has 0 saturated carbocycles. The lowest BCUT2D eigenvalue weighted by Crippen LogP contribution is -2.61. The number of carbonyl (C=O) groups excluding carboxylic acids is 3. The molecule has 0 radical (unpaired) electrons. The summed E-state index contributed by atoms with van der Waals surface area (Å²) in [5.41, 5.74) is -1.25. The molecule has 13 heteroatoms. The van der Waals surface area contributed by atoms with Crippen LogP contribution >= 0.6 is 0 Å². The van der Waals surface area contributed by atoms with E-state index in [0.717, 1.165) is 19.1 Å². The van der Waals surface area contributed by atoms with Gasteiger partial charge in [0.25, 0.3) is 0 Å². The van der Waals surface area contributed by atoms with Crippen molar-refractivity contribution in [2.45, 2.75) is 69.9 Å². The lowest BCUT2D eigenvalue weighted by molar-refractivity contribution is -0.281. The Labute approximate surface area is 229 Å². The number of hydrogen-bond donors (Lipinski definition) is 6. The molecular weight excluding hydrogens is 532 g/mol. The fourth-order valence-electron chi connectivity index (χ4n) is 3.99. The minimum atomic E-state index is -1.81. The molecule has 3 rings (SSSR count). The summed E-state index contributed by atoms with van der Waals surface area (Å²) >= 11 is 0. The molecule has 2 aromatic rings. The van der Waals surface area contributed by atoms with Gasteiger partial charge in [0.15, 0.2) is 11.9 Å². The molecular formula is C27H32O13. The number of carbonyl (C=O) groups is 3. The minimum Gasteiger partial charge on any atom is -0.508 e. The van der Waals surface area contributed by atoms with E-state index in [1.54, 1.807) is 0 Å². The summed E-state index contributed by atoms with van der Waals surface area (Å²) < 4.78 is 21.5. The predicted octanol–water partition coefficient (Wildman–Crippen LogP) is 0.339. The Morgan fingerprint density at radius 3 is 2.23 bits per heavy atom. The molecule has 1 aliphatic heterocycles. The van der Waals surface area contributed by atoms with Crippen LogP contribution in [-0.2, 0) is 25.5 Å². The molecule has 0 unspecified atom stereocenters. The number of phenolic OH excluding ortho intramolecular Hbond substituents is 2. The average Bonchev–Trinajstić information content (AvgIpc) is 2.83. The van der Waals surface area contributed by atoms with Crippen LogP contribution in [0.25, 0.3) is 0 Å². The van der Waals surface area contributed by atoms with Crippen LogP contribution in [0.1, 0.15) is 43.1 Å². The van der Waals surface area contributed by atoms with Gasteiger partial charge in [-0.2, -0.15) is 0 Å². The number of ether oxygens (including phenoxy) is 4. The summed E-state index contributed by atoms with van der Waals surface area (Å²) in [6.07, 6.45) is -8.70. The van der Waals surface area contributed by atoms with Crippen molar-refractivity contribution in [3.05, 3.63) is 47.5 Å². The van der Waals surface area contributed by atoms with Gasteiger partial charge in [0.2, 0.25) is 6.29 Å². The first-order valence-corrected chi connectivity index (χ1v) is 12.3. The third kappa shape index (κ3) is 7.90. The zero-order valence-corrected chi connectivity index (χ0v) is 22.0. The molecule has 6 N–H and O–H groups in total. The lowest BCUT2D eigenvalue weighted by atomic mass is 9.98. The van der Waals surface area contributed by atoms with E-state index in [1.807, 2.05) is 0 Å². The van der Waals surface area contributed by atoms with Gasteiger partial charge in [-0.05, 0) is 38.5 Å². The van der Waals surface area contributed by atoms with Crippen LogP contribution in [-0.4, -0.2) is 91.3 Å². The molecule has 0 aromatic heterocycles. The number of ketones is 1. The molecule has 0 bridgehead atoms. The van der Waals surface area contributed by atoms with Crippen molar-refractivity contribution in [3.63, 3.8) is 0 Å². The van der Waals surface area contributed by atoms with E-state index >= 15 is 0 Å². The van der Waals surface area contributed by atoms with Crippen molar-refractivity contribution in [1.29, 1.82) is 0 Å². The molecule has 1 saturated heterocycles. The Hall–Kier alpha value is -3.75. The van der Waals surface area contributed by atoms with Crippen LogP contribution in [0.4, 0.5) is 0 Å². The van der Waals surface area contributed by atoms with E-state index in [1.165, 1.54) is 38.1 Å². The van der Waals surface area contributed by atoms with E-state index in [9.17, 15) is 45.0 Å². The van der Waals surface area contributed by atoms with Crippen molar-refractivity contribution in [2.24, 2.45) is 0 Å². The van der Waals surface area contributed by atoms with Crippen molar-refractivity contribution in [1.82, 2.24) is 0 Å². The Morgan fingerprint density at radius 2 is 1.65 bits per heavy atom. The van der Waals surface area contributed by atoms with Crippen LogP contribution < -0.4 is 9.47 Å². The maximum Gasteiger partial charge on any atom is 0.314 e. The largest absolute Gasteiger partial charge is 0.508 e. The van der Waals surface area contributed by atoms with Crippen molar-refractivity contribution in [2.75, 3.05) is 6.61 Å². The first kappa shape index (κ1) is 30.8. The fraction of sp³-hybridized carbons (Fsp3) is 0.444. The molecule has 40 heavy (non-hydrogen) atoms. The zero-order chi connectivity index (χ0) is 29.8. The smallest absolute Gasteiger partial charge is 0.314 e. The third-order valence-corrected chi connectivity index (χ3v) is 5.83. The normalized spacial score (nSPS) is 22.8. The van der Waals surface area contributed by atoms with Gasteiger partial charge in [-0.3, -0.25) is 14.4 Å². The van der Waals surface area contributed by atoms with Crippen LogP contribution in [0, 0.1) is 0 Å². The number of hydrogen-bond acceptors (Lipinski definition) is 13. The van der Waals surface area contributed by atoms with E-state index < -0.39 is 72.8 Å². The summed E-state index contributed by atoms with van der Waals surface area (Å²) in [6, 6.07) is 7.81. The van der Waals surface area contributed by atoms with E-state index in [0.29, 0.717) is 5.56 Å². The van der Waals surface area contributed by atoms with Gasteiger partial charge in [0.1, 0.15) is 46.9 Å². The Balaban J connectivity index is 1.76. The second kappa shape index (κ2) is 12.6. The molecule has 0 spiro atoms. The quantitative estimate of drug-likeness (QED) is 0.131. The maximum atomic E-state index is 12.4. The summed E-state index contributed by atoms with van der Waals surface area (Å²) in [4.78, 5) is 36.7. The highest BCUT2D eigenvalue weighted by Gasteiger charge is 2.47. The van der Waals surface area contributed by atoms with Crippen LogP contribution in [0.15, 0.2) is 36.4 Å². The zero-order valence-electron chi connectivity index (χ0n) is 22.0. The van der Waals surface area contributed by atoms with Crippen LogP contribution in [0.3, 0.4) is 0 Å². The van der Waals surface area contributed by atoms with Gasteiger partial charge >= 0.3 is 11.9 Å². The molecule has 0 aliphatic carbocycles. The van der Waals surface area contributed by atoms with E-state index in [2.05, 4.69) is 0 Å². The molecule has 1 heterocycles. The summed E-state index contributed by atoms with van der Waals surface area (Å²) in [7, 11) is 0. The van der Waals surface area contributed by atoms with Crippen LogP contribution in [0.2, 0.25) is 0 Å². The van der Waals surface area contributed by atoms with Gasteiger partial charge in [-0.15, -0.1) is 0 Å². The van der Waals surface area contributed by atoms with E-state index in [-0.39, 0.29) is 29.2 Å². The Kier molecular flexibility index (Phi) is 9.71. The third-order valence-electron chi connectivity index (χ3n) is 5.83. The van der Waals surface area contributed by atoms with Gasteiger partial charge in [0, 0.05) is 12.1 Å². The van der Waals surface area contributed by atoms with Gasteiger partial charge in [-0.1, -0.05) is 12.1 Å². The summed E-state index contributed by atoms with van der Waals surface area (Å²) in [6.45, 7) is 3.14. The highest BCUT2D eigenvalue weighted by atomic mass is 16.7. The number of benzene rings is 2. The number of rotatable bonds is 10. The first-order valence-electron chi connectivity index (χ1n) is 12.3. The molecule has 1 fully saturated rings. The molecule has 0 amide bonds. The number of aliphatic hydroxyl groups is 4. The monoisotopic (exact) mass is 564 g/mol. The molecule has 5 atom stereocenters.